The molecular formula is C14H21BrN2O2. The van der Waals surface area contributed by atoms with Crippen LogP contribution in [0.1, 0.15) is 24.5 Å². The molecule has 19 heavy (non-hydrogen) atoms. The first-order valence-electron chi connectivity index (χ1n) is 6.73. The molecule has 4 nitrogen and oxygen atoms in total. The molecule has 1 aromatic heterocycles. The van der Waals surface area contributed by atoms with Gasteiger partial charge >= 0.3 is 0 Å². The minimum atomic E-state index is 0.147. The minimum Gasteiger partial charge on any atom is -0.383 e. The lowest BCUT2D eigenvalue weighted by Crippen LogP contribution is -2.33. The molecule has 0 aromatic carbocycles. The van der Waals surface area contributed by atoms with E-state index in [0.29, 0.717) is 5.92 Å². The minimum absolute atomic E-state index is 0.147. The van der Waals surface area contributed by atoms with E-state index in [1.807, 2.05) is 6.20 Å². The van der Waals surface area contributed by atoms with Gasteiger partial charge in [-0.25, -0.2) is 0 Å². The number of aromatic nitrogens is 1. The molecule has 1 aromatic rings. The van der Waals surface area contributed by atoms with Crippen molar-refractivity contribution in [3.63, 3.8) is 0 Å². The Balaban J connectivity index is 1.95. The van der Waals surface area contributed by atoms with Gasteiger partial charge in [0, 0.05) is 55.2 Å². The first-order chi connectivity index (χ1) is 9.31. The fourth-order valence-corrected chi connectivity index (χ4v) is 2.85. The monoisotopic (exact) mass is 328 g/mol. The average molecular weight is 329 g/mol. The molecule has 2 unspecified atom stereocenters. The predicted molar refractivity (Wildman–Crippen MR) is 78.1 cm³/mol. The Kier molecular flexibility index (Phi) is 6.23. The van der Waals surface area contributed by atoms with Gasteiger partial charge in [-0.2, -0.15) is 0 Å². The van der Waals surface area contributed by atoms with Crippen LogP contribution in [0.15, 0.2) is 22.9 Å². The van der Waals surface area contributed by atoms with E-state index in [1.54, 1.807) is 13.3 Å². The van der Waals surface area contributed by atoms with Gasteiger partial charge in [0.1, 0.15) is 0 Å². The zero-order chi connectivity index (χ0) is 13.5. The highest BCUT2D eigenvalue weighted by Gasteiger charge is 2.27. The van der Waals surface area contributed by atoms with E-state index in [2.05, 4.69) is 32.3 Å². The van der Waals surface area contributed by atoms with E-state index in [4.69, 9.17) is 9.47 Å². The molecular weight excluding hydrogens is 308 g/mol. The van der Waals surface area contributed by atoms with Crippen LogP contribution in [0.5, 0.6) is 0 Å². The van der Waals surface area contributed by atoms with Crippen molar-refractivity contribution in [2.75, 3.05) is 33.4 Å². The maximum absolute atomic E-state index is 5.96. The number of hydrogen-bond donors (Lipinski definition) is 1. The molecule has 0 spiro atoms. The van der Waals surface area contributed by atoms with Gasteiger partial charge in [-0.1, -0.05) is 0 Å². The Labute approximate surface area is 123 Å². The molecule has 2 heterocycles. The fourth-order valence-electron chi connectivity index (χ4n) is 2.47. The maximum atomic E-state index is 5.96. The topological polar surface area (TPSA) is 43.4 Å². The zero-order valence-electron chi connectivity index (χ0n) is 11.3. The molecule has 1 aliphatic rings. The highest BCUT2D eigenvalue weighted by molar-refractivity contribution is 9.10. The van der Waals surface area contributed by atoms with Crippen LogP contribution in [0.4, 0.5) is 0 Å². The third-order valence-corrected chi connectivity index (χ3v) is 3.82. The standard InChI is InChI=1S/C14H21BrN2O2/c1-18-6-4-16-8-11-3-2-5-19-14(11)12-7-13(15)10-17-9-12/h7,9-11,14,16H,2-6,8H2,1H3. The van der Waals surface area contributed by atoms with Gasteiger partial charge in [-0.3, -0.25) is 4.98 Å². The number of methoxy groups -OCH3 is 1. The van der Waals surface area contributed by atoms with Gasteiger partial charge in [0.2, 0.25) is 0 Å². The maximum Gasteiger partial charge on any atom is 0.0880 e. The molecule has 0 radical (unpaired) electrons. The van der Waals surface area contributed by atoms with Crippen LogP contribution < -0.4 is 5.32 Å². The van der Waals surface area contributed by atoms with Crippen molar-refractivity contribution >= 4 is 15.9 Å². The van der Waals surface area contributed by atoms with Crippen LogP contribution in [0.2, 0.25) is 0 Å². The summed E-state index contributed by atoms with van der Waals surface area (Å²) in [6.07, 6.45) is 6.18. The van der Waals surface area contributed by atoms with Crippen molar-refractivity contribution < 1.29 is 9.47 Å². The van der Waals surface area contributed by atoms with Crippen molar-refractivity contribution in [2.24, 2.45) is 5.92 Å². The van der Waals surface area contributed by atoms with E-state index >= 15 is 0 Å². The van der Waals surface area contributed by atoms with Gasteiger partial charge in [-0.15, -0.1) is 0 Å². The second kappa shape index (κ2) is 7.94. The van der Waals surface area contributed by atoms with Gasteiger partial charge in [-0.05, 0) is 34.8 Å². The summed E-state index contributed by atoms with van der Waals surface area (Å²) in [5.74, 6) is 0.502. The second-order valence-corrected chi connectivity index (χ2v) is 5.74. The third-order valence-electron chi connectivity index (χ3n) is 3.39. The van der Waals surface area contributed by atoms with Gasteiger partial charge < -0.3 is 14.8 Å². The number of pyridine rings is 1. The summed E-state index contributed by atoms with van der Waals surface area (Å²) in [4.78, 5) is 4.24. The molecule has 2 atom stereocenters. The van der Waals surface area contributed by atoms with E-state index in [0.717, 1.165) is 42.8 Å². The summed E-state index contributed by atoms with van der Waals surface area (Å²) in [5, 5.41) is 3.43. The van der Waals surface area contributed by atoms with E-state index in [1.165, 1.54) is 6.42 Å². The molecule has 0 amide bonds. The van der Waals surface area contributed by atoms with Crippen molar-refractivity contribution in [3.8, 4) is 0 Å². The van der Waals surface area contributed by atoms with Crippen LogP contribution in [-0.4, -0.2) is 38.4 Å². The number of nitrogens with one attached hydrogen (secondary N) is 1. The molecule has 2 rings (SSSR count). The lowest BCUT2D eigenvalue weighted by atomic mass is 9.90. The lowest BCUT2D eigenvalue weighted by Gasteiger charge is -2.32. The lowest BCUT2D eigenvalue weighted by molar-refractivity contribution is -0.0282. The van der Waals surface area contributed by atoms with Crippen molar-refractivity contribution in [3.05, 3.63) is 28.5 Å². The number of ether oxygens (including phenoxy) is 2. The summed E-state index contributed by atoms with van der Waals surface area (Å²) in [6.45, 7) is 3.43. The van der Waals surface area contributed by atoms with Gasteiger partial charge in [0.05, 0.1) is 12.7 Å². The predicted octanol–water partition coefficient (Wildman–Crippen LogP) is 2.55. The normalized spacial score (nSPS) is 23.5. The molecule has 1 aliphatic heterocycles. The Morgan fingerprint density at radius 2 is 2.42 bits per heavy atom. The summed E-state index contributed by atoms with van der Waals surface area (Å²) < 4.78 is 12.0. The van der Waals surface area contributed by atoms with Crippen LogP contribution in [0.3, 0.4) is 0 Å². The molecule has 0 bridgehead atoms. The molecule has 1 fully saturated rings. The van der Waals surface area contributed by atoms with Crippen LogP contribution in [0.25, 0.3) is 0 Å². The molecule has 0 aliphatic carbocycles. The number of nitrogens with zero attached hydrogens (tertiary/aromatic N) is 1. The van der Waals surface area contributed by atoms with Gasteiger partial charge in [0.15, 0.2) is 0 Å². The highest BCUT2D eigenvalue weighted by atomic mass is 79.9. The molecule has 0 saturated carbocycles. The van der Waals surface area contributed by atoms with Crippen LogP contribution in [0, 0.1) is 5.92 Å². The Morgan fingerprint density at radius 3 is 3.21 bits per heavy atom. The van der Waals surface area contributed by atoms with Gasteiger partial charge in [0.25, 0.3) is 0 Å². The summed E-state index contributed by atoms with van der Waals surface area (Å²) in [7, 11) is 1.72. The molecule has 1 N–H and O–H groups in total. The second-order valence-electron chi connectivity index (χ2n) is 4.83. The molecule has 5 heteroatoms. The number of halogens is 1. The van der Waals surface area contributed by atoms with Crippen LogP contribution >= 0.6 is 15.9 Å². The van der Waals surface area contributed by atoms with Crippen molar-refractivity contribution in [1.29, 1.82) is 0 Å². The third kappa shape index (κ3) is 4.53. The Morgan fingerprint density at radius 1 is 1.53 bits per heavy atom. The summed E-state index contributed by atoms with van der Waals surface area (Å²) in [6, 6.07) is 2.10. The Bertz CT molecular complexity index is 389. The van der Waals surface area contributed by atoms with Crippen LogP contribution in [-0.2, 0) is 9.47 Å². The Hall–Kier alpha value is -0.490. The quantitative estimate of drug-likeness (QED) is 0.815. The largest absolute Gasteiger partial charge is 0.383 e. The number of hydrogen-bond acceptors (Lipinski definition) is 4. The number of rotatable bonds is 6. The SMILES string of the molecule is COCCNCC1CCCOC1c1cncc(Br)c1. The first kappa shape index (κ1) is 14.9. The van der Waals surface area contributed by atoms with Crippen molar-refractivity contribution in [2.45, 2.75) is 18.9 Å². The molecule has 106 valence electrons. The van der Waals surface area contributed by atoms with E-state index in [9.17, 15) is 0 Å². The van der Waals surface area contributed by atoms with E-state index in [-0.39, 0.29) is 6.10 Å². The first-order valence-corrected chi connectivity index (χ1v) is 7.52. The summed E-state index contributed by atoms with van der Waals surface area (Å²) >= 11 is 3.47. The zero-order valence-corrected chi connectivity index (χ0v) is 12.9. The molecule has 1 saturated heterocycles. The smallest absolute Gasteiger partial charge is 0.0880 e. The van der Waals surface area contributed by atoms with E-state index < -0.39 is 0 Å². The average Bonchev–Trinajstić information content (AvgIpc) is 2.44. The summed E-state index contributed by atoms with van der Waals surface area (Å²) in [5.41, 5.74) is 1.16. The fraction of sp³-hybridized carbons (Fsp3) is 0.643. The highest BCUT2D eigenvalue weighted by Crippen LogP contribution is 2.33. The van der Waals surface area contributed by atoms with Crippen molar-refractivity contribution in [1.82, 2.24) is 10.3 Å².